The molecule has 1 unspecified atom stereocenters. The normalized spacial score (nSPS) is 16.4. The number of esters is 1. The van der Waals surface area contributed by atoms with Crippen LogP contribution in [0.3, 0.4) is 0 Å². The van der Waals surface area contributed by atoms with E-state index in [-0.39, 0.29) is 37.5 Å². The van der Waals surface area contributed by atoms with Crippen LogP contribution in [0.1, 0.15) is 84.0 Å². The Labute approximate surface area is 173 Å². The van der Waals surface area contributed by atoms with Gasteiger partial charge in [-0.1, -0.05) is 51.9 Å². The molecule has 0 saturated carbocycles. The topological polar surface area (TPSA) is 113 Å². The number of carbonyl (C=O) groups excluding carboxylic acids is 3. The fourth-order valence-electron chi connectivity index (χ4n) is 3.39. The number of hydrogen-bond donors (Lipinski definition) is 2. The van der Waals surface area contributed by atoms with Crippen LogP contribution in [0.25, 0.3) is 0 Å². The van der Waals surface area contributed by atoms with E-state index in [9.17, 15) is 19.2 Å². The van der Waals surface area contributed by atoms with E-state index < -0.39 is 18.0 Å². The fourth-order valence-corrected chi connectivity index (χ4v) is 3.39. The van der Waals surface area contributed by atoms with Gasteiger partial charge in [-0.15, -0.1) is 0 Å². The van der Waals surface area contributed by atoms with Crippen LogP contribution in [0.4, 0.5) is 0 Å². The second-order valence-electron chi connectivity index (χ2n) is 7.54. The van der Waals surface area contributed by atoms with Crippen molar-refractivity contribution in [3.05, 3.63) is 0 Å². The summed E-state index contributed by atoms with van der Waals surface area (Å²) in [5.41, 5.74) is 0. The molecule has 0 spiro atoms. The van der Waals surface area contributed by atoms with Gasteiger partial charge in [-0.05, 0) is 12.8 Å². The first kappa shape index (κ1) is 24.9. The smallest absolute Gasteiger partial charge is 0.308 e. The molecule has 0 aromatic carbocycles. The highest BCUT2D eigenvalue weighted by atomic mass is 16.5. The molecule has 1 aliphatic rings. The Morgan fingerprint density at radius 3 is 2.34 bits per heavy atom. The van der Waals surface area contributed by atoms with Crippen LogP contribution in [0, 0.1) is 0 Å². The van der Waals surface area contributed by atoms with Gasteiger partial charge in [-0.2, -0.15) is 0 Å². The standard InChI is InChI=1S/C21H36N2O6/c1-2-3-4-5-6-7-8-9-15-29-20(27)16-17-21(28)22-13-14-23(17)18(24)11-10-12-19(25)26/h17H,2-16H2,1H3,(H,22,28)(H,25,26). The van der Waals surface area contributed by atoms with Gasteiger partial charge in [-0.3, -0.25) is 19.2 Å². The van der Waals surface area contributed by atoms with Crippen molar-refractivity contribution in [2.75, 3.05) is 19.7 Å². The Hall–Kier alpha value is -2.12. The summed E-state index contributed by atoms with van der Waals surface area (Å²) in [7, 11) is 0. The molecule has 0 radical (unpaired) electrons. The summed E-state index contributed by atoms with van der Waals surface area (Å²) in [6, 6.07) is -0.882. The molecule has 1 atom stereocenters. The van der Waals surface area contributed by atoms with E-state index in [0.29, 0.717) is 19.7 Å². The Morgan fingerprint density at radius 2 is 1.69 bits per heavy atom. The largest absolute Gasteiger partial charge is 0.481 e. The first-order chi connectivity index (χ1) is 14.0. The number of hydrogen-bond acceptors (Lipinski definition) is 5. The highest BCUT2D eigenvalue weighted by molar-refractivity contribution is 5.92. The quantitative estimate of drug-likeness (QED) is 0.316. The maximum atomic E-state index is 12.3. The second kappa shape index (κ2) is 14.8. The highest BCUT2D eigenvalue weighted by Gasteiger charge is 2.34. The van der Waals surface area contributed by atoms with E-state index in [2.05, 4.69) is 12.2 Å². The summed E-state index contributed by atoms with van der Waals surface area (Å²) < 4.78 is 5.24. The summed E-state index contributed by atoms with van der Waals surface area (Å²) in [6.45, 7) is 3.16. The number of carbonyl (C=O) groups is 4. The monoisotopic (exact) mass is 412 g/mol. The number of nitrogens with zero attached hydrogens (tertiary/aromatic N) is 1. The van der Waals surface area contributed by atoms with Gasteiger partial charge >= 0.3 is 11.9 Å². The molecule has 8 nitrogen and oxygen atoms in total. The fraction of sp³-hybridized carbons (Fsp3) is 0.810. The number of aliphatic carboxylic acids is 1. The zero-order valence-electron chi connectivity index (χ0n) is 17.6. The number of carboxylic acids is 1. The predicted octanol–water partition coefficient (Wildman–Crippen LogP) is 2.64. The van der Waals surface area contributed by atoms with Crippen molar-refractivity contribution < 1.29 is 29.0 Å². The lowest BCUT2D eigenvalue weighted by Crippen LogP contribution is -2.57. The van der Waals surface area contributed by atoms with Crippen molar-refractivity contribution >= 4 is 23.8 Å². The average Bonchev–Trinajstić information content (AvgIpc) is 2.68. The van der Waals surface area contributed by atoms with Crippen molar-refractivity contribution in [2.24, 2.45) is 0 Å². The van der Waals surface area contributed by atoms with Gasteiger partial charge in [0.1, 0.15) is 6.04 Å². The third-order valence-corrected chi connectivity index (χ3v) is 5.05. The van der Waals surface area contributed by atoms with Crippen LogP contribution < -0.4 is 5.32 Å². The van der Waals surface area contributed by atoms with E-state index in [1.165, 1.54) is 37.0 Å². The highest BCUT2D eigenvalue weighted by Crippen LogP contribution is 2.14. The zero-order valence-corrected chi connectivity index (χ0v) is 17.6. The third-order valence-electron chi connectivity index (χ3n) is 5.05. The van der Waals surface area contributed by atoms with Gasteiger partial charge in [0.05, 0.1) is 13.0 Å². The van der Waals surface area contributed by atoms with Gasteiger partial charge in [0.15, 0.2) is 0 Å². The molecule has 0 bridgehead atoms. The molecule has 0 aromatic rings. The predicted molar refractivity (Wildman–Crippen MR) is 108 cm³/mol. The Bertz CT molecular complexity index is 537. The van der Waals surface area contributed by atoms with E-state index in [1.807, 2.05) is 0 Å². The van der Waals surface area contributed by atoms with Gasteiger partial charge in [0, 0.05) is 25.9 Å². The number of nitrogens with one attached hydrogen (secondary N) is 1. The maximum absolute atomic E-state index is 12.3. The molecule has 1 saturated heterocycles. The summed E-state index contributed by atoms with van der Waals surface area (Å²) in [4.78, 5) is 48.6. The summed E-state index contributed by atoms with van der Waals surface area (Å²) >= 11 is 0. The minimum Gasteiger partial charge on any atom is -0.481 e. The minimum atomic E-state index is -0.963. The molecular formula is C21H36N2O6. The van der Waals surface area contributed by atoms with Gasteiger partial charge in [-0.25, -0.2) is 0 Å². The van der Waals surface area contributed by atoms with E-state index >= 15 is 0 Å². The summed E-state index contributed by atoms with van der Waals surface area (Å²) in [5, 5.41) is 11.4. The zero-order chi connectivity index (χ0) is 21.5. The summed E-state index contributed by atoms with van der Waals surface area (Å²) in [5.74, 6) is -2.12. The molecule has 8 heteroatoms. The van der Waals surface area contributed by atoms with Crippen molar-refractivity contribution in [1.82, 2.24) is 10.2 Å². The van der Waals surface area contributed by atoms with Crippen LogP contribution in [-0.4, -0.2) is 59.5 Å². The van der Waals surface area contributed by atoms with Crippen LogP contribution in [0.2, 0.25) is 0 Å². The Morgan fingerprint density at radius 1 is 1.03 bits per heavy atom. The molecule has 1 fully saturated rings. The van der Waals surface area contributed by atoms with Gasteiger partial charge in [0.25, 0.3) is 0 Å². The Balaban J connectivity index is 2.29. The van der Waals surface area contributed by atoms with Crippen LogP contribution in [0.5, 0.6) is 0 Å². The molecular weight excluding hydrogens is 376 g/mol. The second-order valence-corrected chi connectivity index (χ2v) is 7.54. The van der Waals surface area contributed by atoms with Gasteiger partial charge < -0.3 is 20.1 Å². The number of unbranched alkanes of at least 4 members (excludes halogenated alkanes) is 7. The van der Waals surface area contributed by atoms with Crippen molar-refractivity contribution in [1.29, 1.82) is 0 Å². The lowest BCUT2D eigenvalue weighted by molar-refractivity contribution is -0.152. The van der Waals surface area contributed by atoms with Crippen LogP contribution in [0.15, 0.2) is 0 Å². The molecule has 1 rings (SSSR count). The van der Waals surface area contributed by atoms with Gasteiger partial charge in [0.2, 0.25) is 11.8 Å². The first-order valence-corrected chi connectivity index (χ1v) is 10.9. The van der Waals surface area contributed by atoms with Crippen molar-refractivity contribution in [3.63, 3.8) is 0 Å². The summed E-state index contributed by atoms with van der Waals surface area (Å²) in [6.07, 6.45) is 9.18. The molecule has 2 amide bonds. The molecule has 0 aromatic heterocycles. The van der Waals surface area contributed by atoms with E-state index in [1.54, 1.807) is 0 Å². The van der Waals surface area contributed by atoms with Crippen molar-refractivity contribution in [2.45, 2.75) is 90.0 Å². The average molecular weight is 413 g/mol. The molecule has 166 valence electrons. The van der Waals surface area contributed by atoms with E-state index in [4.69, 9.17) is 9.84 Å². The van der Waals surface area contributed by atoms with E-state index in [0.717, 1.165) is 19.3 Å². The number of amides is 2. The molecule has 29 heavy (non-hydrogen) atoms. The molecule has 0 aliphatic carbocycles. The molecule has 2 N–H and O–H groups in total. The van der Waals surface area contributed by atoms with Crippen LogP contribution >= 0.6 is 0 Å². The number of rotatable bonds is 15. The number of piperazine rings is 1. The van der Waals surface area contributed by atoms with Crippen LogP contribution in [-0.2, 0) is 23.9 Å². The maximum Gasteiger partial charge on any atom is 0.308 e. The lowest BCUT2D eigenvalue weighted by Gasteiger charge is -2.34. The van der Waals surface area contributed by atoms with Crippen molar-refractivity contribution in [3.8, 4) is 0 Å². The SMILES string of the molecule is CCCCCCCCCCOC(=O)CC1C(=O)NCCN1C(=O)CCCC(=O)O. The molecule has 1 heterocycles. The number of carboxylic acid groups (broad SMARTS) is 1. The lowest BCUT2D eigenvalue weighted by atomic mass is 10.1. The minimum absolute atomic E-state index is 0.0450. The third kappa shape index (κ3) is 10.9. The first-order valence-electron chi connectivity index (χ1n) is 10.9. The number of ether oxygens (including phenoxy) is 1. The molecule has 1 aliphatic heterocycles. The Kier molecular flexibility index (Phi) is 12.7.